The number of para-hydroxylation sites is 1. The summed E-state index contributed by atoms with van der Waals surface area (Å²) < 4.78 is 15.5. The van der Waals surface area contributed by atoms with Crippen LogP contribution in [0.15, 0.2) is 18.2 Å². The van der Waals surface area contributed by atoms with E-state index in [0.29, 0.717) is 16.3 Å². The number of nitrogens with one attached hydrogen (secondary N) is 1. The molecule has 3 N–H and O–H groups in total. The van der Waals surface area contributed by atoms with Gasteiger partial charge in [0, 0.05) is 4.88 Å². The summed E-state index contributed by atoms with van der Waals surface area (Å²) in [6, 6.07) is 4.78. The maximum Gasteiger partial charge on any atom is 0.342 e. The van der Waals surface area contributed by atoms with Crippen molar-refractivity contribution < 1.29 is 28.6 Å². The smallest absolute Gasteiger partial charge is 0.342 e. The Bertz CT molecular complexity index is 953. The summed E-state index contributed by atoms with van der Waals surface area (Å²) in [5, 5.41) is 3.06. The van der Waals surface area contributed by atoms with Gasteiger partial charge in [0.05, 0.1) is 19.8 Å². The fourth-order valence-corrected chi connectivity index (χ4v) is 4.64. The minimum atomic E-state index is -0.725. The van der Waals surface area contributed by atoms with E-state index >= 15 is 0 Å². The summed E-state index contributed by atoms with van der Waals surface area (Å²) in [6.45, 7) is -0.514. The second-order valence-corrected chi connectivity index (χ2v) is 7.55. The fraction of sp³-hybridized carbons (Fsp3) is 0.350. The number of amides is 2. The Morgan fingerprint density at radius 3 is 2.59 bits per heavy atom. The minimum absolute atomic E-state index is 0.143. The van der Waals surface area contributed by atoms with Crippen LogP contribution in [0.1, 0.15) is 44.0 Å². The van der Waals surface area contributed by atoms with E-state index in [9.17, 15) is 14.4 Å². The number of ether oxygens (including phenoxy) is 3. The highest BCUT2D eigenvalue weighted by atomic mass is 32.1. The summed E-state index contributed by atoms with van der Waals surface area (Å²) in [6.07, 6.45) is 3.65. The first-order valence-corrected chi connectivity index (χ1v) is 9.90. The molecule has 1 aliphatic rings. The molecule has 3 rings (SSSR count). The molecule has 1 heterocycles. The Balaban J connectivity index is 1.69. The molecule has 0 saturated carbocycles. The quantitative estimate of drug-likeness (QED) is 0.668. The van der Waals surface area contributed by atoms with Crippen molar-refractivity contribution in [1.82, 2.24) is 0 Å². The summed E-state index contributed by atoms with van der Waals surface area (Å²) in [5.74, 6) is -1.25. The maximum atomic E-state index is 12.4. The van der Waals surface area contributed by atoms with E-state index in [0.717, 1.165) is 36.1 Å². The first-order valence-electron chi connectivity index (χ1n) is 9.08. The molecule has 8 nitrogen and oxygen atoms in total. The molecule has 9 heteroatoms. The molecule has 2 aromatic rings. The van der Waals surface area contributed by atoms with Gasteiger partial charge in [-0.1, -0.05) is 6.07 Å². The van der Waals surface area contributed by atoms with Crippen molar-refractivity contribution in [3.63, 3.8) is 0 Å². The van der Waals surface area contributed by atoms with Gasteiger partial charge in [-0.3, -0.25) is 9.59 Å². The second-order valence-electron chi connectivity index (χ2n) is 6.44. The largest absolute Gasteiger partial charge is 0.493 e. The molecule has 1 aromatic carbocycles. The molecule has 0 unspecified atom stereocenters. The van der Waals surface area contributed by atoms with Gasteiger partial charge in [-0.05, 0) is 43.4 Å². The van der Waals surface area contributed by atoms with Crippen LogP contribution in [0.3, 0.4) is 0 Å². The number of benzene rings is 1. The third-order valence-electron chi connectivity index (χ3n) is 4.63. The van der Waals surface area contributed by atoms with E-state index in [1.807, 2.05) is 0 Å². The molecule has 0 radical (unpaired) electrons. The van der Waals surface area contributed by atoms with Gasteiger partial charge in [-0.2, -0.15) is 0 Å². The first-order chi connectivity index (χ1) is 14.0. The Hall–Kier alpha value is -3.07. The molecular weight excluding hydrogens is 396 g/mol. The van der Waals surface area contributed by atoms with E-state index in [4.69, 9.17) is 19.9 Å². The summed E-state index contributed by atoms with van der Waals surface area (Å²) >= 11 is 1.35. The van der Waals surface area contributed by atoms with Gasteiger partial charge in [-0.25, -0.2) is 4.79 Å². The number of methoxy groups -OCH3 is 2. The van der Waals surface area contributed by atoms with Crippen LogP contribution in [-0.4, -0.2) is 38.6 Å². The minimum Gasteiger partial charge on any atom is -0.493 e. The van der Waals surface area contributed by atoms with E-state index in [1.54, 1.807) is 12.1 Å². The van der Waals surface area contributed by atoms with Gasteiger partial charge < -0.3 is 25.3 Å². The van der Waals surface area contributed by atoms with Crippen molar-refractivity contribution in [2.75, 3.05) is 26.1 Å². The van der Waals surface area contributed by atoms with E-state index in [2.05, 4.69) is 5.32 Å². The second kappa shape index (κ2) is 8.95. The van der Waals surface area contributed by atoms with Gasteiger partial charge in [0.1, 0.15) is 10.6 Å². The normalized spacial score (nSPS) is 12.6. The number of rotatable bonds is 7. The molecule has 0 bridgehead atoms. The number of fused-ring (bicyclic) bond motifs is 1. The van der Waals surface area contributed by atoms with Crippen molar-refractivity contribution >= 4 is 34.1 Å². The van der Waals surface area contributed by atoms with Gasteiger partial charge in [-0.15, -0.1) is 11.3 Å². The molecule has 2 amide bonds. The Labute approximate surface area is 171 Å². The van der Waals surface area contributed by atoms with E-state index in [-0.39, 0.29) is 11.3 Å². The van der Waals surface area contributed by atoms with Crippen molar-refractivity contribution in [3.05, 3.63) is 39.8 Å². The number of esters is 1. The molecular formula is C20H22N2O6S. The molecule has 0 saturated heterocycles. The van der Waals surface area contributed by atoms with Gasteiger partial charge in [0.2, 0.25) is 0 Å². The highest BCUT2D eigenvalue weighted by molar-refractivity contribution is 7.17. The predicted molar refractivity (Wildman–Crippen MR) is 108 cm³/mol. The lowest BCUT2D eigenvalue weighted by atomic mass is 9.95. The molecule has 0 aliphatic heterocycles. The van der Waals surface area contributed by atoms with E-state index < -0.39 is 24.4 Å². The monoisotopic (exact) mass is 418 g/mol. The van der Waals surface area contributed by atoms with Crippen LogP contribution in [0.4, 0.5) is 5.00 Å². The Morgan fingerprint density at radius 2 is 1.90 bits per heavy atom. The maximum absolute atomic E-state index is 12.4. The van der Waals surface area contributed by atoms with Gasteiger partial charge in [0.15, 0.2) is 18.1 Å². The number of nitrogens with two attached hydrogens (primary N) is 1. The molecule has 154 valence electrons. The molecule has 29 heavy (non-hydrogen) atoms. The fourth-order valence-electron chi connectivity index (χ4n) is 3.33. The number of hydrogen-bond acceptors (Lipinski definition) is 7. The average Bonchev–Trinajstić information content (AvgIpc) is 3.09. The van der Waals surface area contributed by atoms with Crippen LogP contribution >= 0.6 is 11.3 Å². The zero-order chi connectivity index (χ0) is 21.0. The standard InChI is InChI=1S/C20H22N2O6S/c1-26-13-8-5-7-12(17(13)27-2)20(25)28-10-15(23)22-19-16(18(21)24)11-6-3-4-9-14(11)29-19/h5,7-8H,3-4,6,9-10H2,1-2H3,(H2,21,24)(H,22,23). The van der Waals surface area contributed by atoms with Crippen molar-refractivity contribution in [2.24, 2.45) is 5.73 Å². The molecule has 1 aromatic heterocycles. The molecule has 0 spiro atoms. The lowest BCUT2D eigenvalue weighted by Gasteiger charge is -2.12. The van der Waals surface area contributed by atoms with Crippen molar-refractivity contribution in [2.45, 2.75) is 25.7 Å². The number of anilines is 1. The third kappa shape index (κ3) is 4.34. The number of thiophene rings is 1. The van der Waals surface area contributed by atoms with Crippen LogP contribution in [0.25, 0.3) is 0 Å². The third-order valence-corrected chi connectivity index (χ3v) is 5.84. The number of aryl methyl sites for hydroxylation is 1. The highest BCUT2D eigenvalue weighted by Crippen LogP contribution is 2.38. The summed E-state index contributed by atoms with van der Waals surface area (Å²) in [4.78, 5) is 37.7. The topological polar surface area (TPSA) is 117 Å². The molecule has 1 aliphatic carbocycles. The van der Waals surface area contributed by atoms with Gasteiger partial charge in [0.25, 0.3) is 11.8 Å². The Morgan fingerprint density at radius 1 is 1.14 bits per heavy atom. The highest BCUT2D eigenvalue weighted by Gasteiger charge is 2.25. The Kier molecular flexibility index (Phi) is 6.38. The average molecular weight is 418 g/mol. The number of primary amides is 1. The first kappa shape index (κ1) is 20.7. The lowest BCUT2D eigenvalue weighted by molar-refractivity contribution is -0.119. The SMILES string of the molecule is COc1cccc(C(=O)OCC(=O)Nc2sc3c(c2C(N)=O)CCCC3)c1OC. The summed E-state index contributed by atoms with van der Waals surface area (Å²) in [7, 11) is 2.86. The van der Waals surface area contributed by atoms with Crippen LogP contribution < -0.4 is 20.5 Å². The number of carbonyl (C=O) groups is 3. The summed E-state index contributed by atoms with van der Waals surface area (Å²) in [5.41, 5.74) is 6.94. The van der Waals surface area contributed by atoms with E-state index in [1.165, 1.54) is 31.6 Å². The lowest BCUT2D eigenvalue weighted by Crippen LogP contribution is -2.23. The zero-order valence-corrected chi connectivity index (χ0v) is 17.0. The van der Waals surface area contributed by atoms with Crippen LogP contribution in [0, 0.1) is 0 Å². The molecule has 0 fully saturated rings. The van der Waals surface area contributed by atoms with Crippen LogP contribution in [0.2, 0.25) is 0 Å². The number of hydrogen-bond donors (Lipinski definition) is 2. The zero-order valence-electron chi connectivity index (χ0n) is 16.2. The van der Waals surface area contributed by atoms with Crippen LogP contribution in [0.5, 0.6) is 11.5 Å². The van der Waals surface area contributed by atoms with Crippen LogP contribution in [-0.2, 0) is 22.4 Å². The van der Waals surface area contributed by atoms with Crippen molar-refractivity contribution in [1.29, 1.82) is 0 Å². The number of carbonyl (C=O) groups excluding carboxylic acids is 3. The van der Waals surface area contributed by atoms with Crippen molar-refractivity contribution in [3.8, 4) is 11.5 Å². The van der Waals surface area contributed by atoms with Gasteiger partial charge >= 0.3 is 5.97 Å². The molecule has 0 atom stereocenters. The predicted octanol–water partition coefficient (Wildman–Crippen LogP) is 2.54.